The van der Waals surface area contributed by atoms with Crippen molar-refractivity contribution in [3.8, 4) is 22.4 Å². The van der Waals surface area contributed by atoms with Crippen LogP contribution in [0.4, 0.5) is 0 Å². The molecule has 8 nitrogen and oxygen atoms in total. The van der Waals surface area contributed by atoms with Crippen molar-refractivity contribution in [2.24, 2.45) is 0 Å². The lowest BCUT2D eigenvalue weighted by Gasteiger charge is -2.04. The Morgan fingerprint density at radius 2 is 1.87 bits per heavy atom. The van der Waals surface area contributed by atoms with E-state index in [0.717, 1.165) is 9.27 Å². The largest absolute Gasteiger partial charge is 0.493 e. The van der Waals surface area contributed by atoms with Crippen LogP contribution < -0.4 is 20.8 Å². The molecular weight excluding hydrogens is 406 g/mol. The van der Waals surface area contributed by atoms with Crippen LogP contribution in [0.2, 0.25) is 0 Å². The molecule has 0 spiro atoms. The van der Waals surface area contributed by atoms with E-state index in [-0.39, 0.29) is 22.0 Å². The standard InChI is InChI=1S/C21H13N3O5S/c1-27-15-9-10-22-17-18(15)29-21(26)24(19(17)25)20-23-14-8-7-13(11-16(14)30-20)28-12-5-3-2-4-6-12/h2-11H,1H3. The molecule has 5 rings (SSSR count). The molecule has 148 valence electrons. The van der Waals surface area contributed by atoms with Crippen LogP contribution in [0.1, 0.15) is 0 Å². The van der Waals surface area contributed by atoms with E-state index in [4.69, 9.17) is 13.9 Å². The van der Waals surface area contributed by atoms with Gasteiger partial charge in [0, 0.05) is 18.3 Å². The highest BCUT2D eigenvalue weighted by atomic mass is 32.1. The predicted molar refractivity (Wildman–Crippen MR) is 112 cm³/mol. The van der Waals surface area contributed by atoms with E-state index in [1.54, 1.807) is 18.2 Å². The maximum absolute atomic E-state index is 12.9. The second-order valence-corrected chi connectivity index (χ2v) is 7.25. The first-order valence-electron chi connectivity index (χ1n) is 8.87. The molecule has 0 amide bonds. The van der Waals surface area contributed by atoms with Gasteiger partial charge in [-0.05, 0) is 24.3 Å². The fourth-order valence-corrected chi connectivity index (χ4v) is 3.99. The maximum atomic E-state index is 12.9. The highest BCUT2D eigenvalue weighted by molar-refractivity contribution is 7.20. The number of hydrogen-bond acceptors (Lipinski definition) is 8. The van der Waals surface area contributed by atoms with E-state index in [9.17, 15) is 9.59 Å². The molecule has 0 aliphatic carbocycles. The number of pyridine rings is 1. The number of thiazole rings is 1. The number of hydrogen-bond donors (Lipinski definition) is 0. The summed E-state index contributed by atoms with van der Waals surface area (Å²) in [6, 6.07) is 16.2. The lowest BCUT2D eigenvalue weighted by atomic mass is 10.3. The van der Waals surface area contributed by atoms with Gasteiger partial charge >= 0.3 is 5.76 Å². The maximum Gasteiger partial charge on any atom is 0.429 e. The minimum Gasteiger partial charge on any atom is -0.493 e. The quantitative estimate of drug-likeness (QED) is 0.438. The molecule has 0 N–H and O–H groups in total. The van der Waals surface area contributed by atoms with Crippen LogP contribution >= 0.6 is 11.3 Å². The molecule has 2 aromatic carbocycles. The van der Waals surface area contributed by atoms with E-state index in [0.29, 0.717) is 17.0 Å². The van der Waals surface area contributed by atoms with E-state index in [1.807, 2.05) is 30.3 Å². The lowest BCUT2D eigenvalue weighted by molar-refractivity contribution is 0.401. The van der Waals surface area contributed by atoms with Gasteiger partial charge in [-0.3, -0.25) is 4.79 Å². The van der Waals surface area contributed by atoms with Crippen molar-refractivity contribution in [2.75, 3.05) is 7.11 Å². The van der Waals surface area contributed by atoms with Crippen molar-refractivity contribution < 1.29 is 13.9 Å². The zero-order chi connectivity index (χ0) is 20.7. The summed E-state index contributed by atoms with van der Waals surface area (Å²) in [7, 11) is 1.42. The van der Waals surface area contributed by atoms with Crippen molar-refractivity contribution in [1.29, 1.82) is 0 Å². The predicted octanol–water partition coefficient (Wildman–Crippen LogP) is 3.75. The van der Waals surface area contributed by atoms with Gasteiger partial charge in [-0.25, -0.2) is 14.8 Å². The second kappa shape index (κ2) is 7.12. The summed E-state index contributed by atoms with van der Waals surface area (Å²) in [6.07, 6.45) is 1.42. The molecule has 0 unspecified atom stereocenters. The topological polar surface area (TPSA) is 96.5 Å². The van der Waals surface area contributed by atoms with Crippen LogP contribution in [-0.4, -0.2) is 21.6 Å². The molecule has 3 aromatic heterocycles. The van der Waals surface area contributed by atoms with Gasteiger partial charge in [0.1, 0.15) is 11.5 Å². The normalized spacial score (nSPS) is 11.1. The summed E-state index contributed by atoms with van der Waals surface area (Å²) >= 11 is 1.17. The lowest BCUT2D eigenvalue weighted by Crippen LogP contribution is -2.31. The molecule has 9 heteroatoms. The van der Waals surface area contributed by atoms with Gasteiger partial charge in [-0.15, -0.1) is 0 Å². The highest BCUT2D eigenvalue weighted by Gasteiger charge is 2.18. The molecule has 0 aliphatic heterocycles. The van der Waals surface area contributed by atoms with Crippen LogP contribution in [-0.2, 0) is 0 Å². The number of nitrogens with zero attached hydrogens (tertiary/aromatic N) is 3. The Kier molecular flexibility index (Phi) is 4.29. The molecule has 0 saturated carbocycles. The zero-order valence-electron chi connectivity index (χ0n) is 15.6. The first-order chi connectivity index (χ1) is 14.6. The number of aromatic nitrogens is 3. The molecule has 0 bridgehead atoms. The van der Waals surface area contributed by atoms with Crippen molar-refractivity contribution in [1.82, 2.24) is 14.5 Å². The van der Waals surface area contributed by atoms with E-state index in [2.05, 4.69) is 9.97 Å². The molecule has 3 heterocycles. The number of methoxy groups -OCH3 is 1. The molecular formula is C21H13N3O5S. The molecule has 5 aromatic rings. The summed E-state index contributed by atoms with van der Waals surface area (Å²) < 4.78 is 17.9. The zero-order valence-corrected chi connectivity index (χ0v) is 16.4. The Morgan fingerprint density at radius 1 is 1.03 bits per heavy atom. The minimum absolute atomic E-state index is 0.00547. The van der Waals surface area contributed by atoms with Gasteiger partial charge in [0.25, 0.3) is 5.56 Å². The molecule has 0 fully saturated rings. The molecule has 0 saturated heterocycles. The van der Waals surface area contributed by atoms with Gasteiger partial charge in [-0.1, -0.05) is 29.5 Å². The van der Waals surface area contributed by atoms with Gasteiger partial charge in [0.05, 0.1) is 17.3 Å². The first kappa shape index (κ1) is 18.1. The van der Waals surface area contributed by atoms with Crippen LogP contribution in [0.5, 0.6) is 17.2 Å². The number of rotatable bonds is 4. The number of benzene rings is 2. The second-order valence-electron chi connectivity index (χ2n) is 6.24. The Balaban J connectivity index is 1.62. The van der Waals surface area contributed by atoms with Gasteiger partial charge in [-0.2, -0.15) is 4.57 Å². The molecule has 0 radical (unpaired) electrons. The average Bonchev–Trinajstić information content (AvgIpc) is 3.17. The summed E-state index contributed by atoms with van der Waals surface area (Å²) in [5, 5.41) is 0.187. The van der Waals surface area contributed by atoms with Crippen LogP contribution in [0.15, 0.2) is 74.8 Å². The van der Waals surface area contributed by atoms with Crippen molar-refractivity contribution in [2.45, 2.75) is 0 Å². The van der Waals surface area contributed by atoms with Crippen molar-refractivity contribution >= 4 is 32.7 Å². The Bertz CT molecular complexity index is 1500. The SMILES string of the molecule is COc1ccnc2c(=O)n(-c3nc4ccc(Oc5ccccc5)cc4s3)c(=O)oc12. The summed E-state index contributed by atoms with van der Waals surface area (Å²) in [5.74, 6) is 0.716. The van der Waals surface area contributed by atoms with E-state index < -0.39 is 11.3 Å². The Morgan fingerprint density at radius 3 is 2.67 bits per heavy atom. The monoisotopic (exact) mass is 419 g/mol. The summed E-state index contributed by atoms with van der Waals surface area (Å²) in [4.78, 5) is 33.9. The third kappa shape index (κ3) is 3.01. The van der Waals surface area contributed by atoms with Crippen LogP contribution in [0, 0.1) is 0 Å². The van der Waals surface area contributed by atoms with Crippen LogP contribution in [0.3, 0.4) is 0 Å². The summed E-state index contributed by atoms with van der Waals surface area (Å²) in [5.41, 5.74) is -0.00686. The van der Waals surface area contributed by atoms with E-state index in [1.165, 1.54) is 30.7 Å². The summed E-state index contributed by atoms with van der Waals surface area (Å²) in [6.45, 7) is 0. The highest BCUT2D eigenvalue weighted by Crippen LogP contribution is 2.30. The minimum atomic E-state index is -0.862. The van der Waals surface area contributed by atoms with Gasteiger partial charge < -0.3 is 13.9 Å². The molecule has 0 aliphatic rings. The molecule has 30 heavy (non-hydrogen) atoms. The fourth-order valence-electron chi connectivity index (χ4n) is 3.01. The van der Waals surface area contributed by atoms with Gasteiger partial charge in [0.2, 0.25) is 10.7 Å². The third-order valence-electron chi connectivity index (χ3n) is 4.38. The average molecular weight is 419 g/mol. The third-order valence-corrected chi connectivity index (χ3v) is 5.39. The van der Waals surface area contributed by atoms with Crippen molar-refractivity contribution in [3.63, 3.8) is 0 Å². The van der Waals surface area contributed by atoms with E-state index >= 15 is 0 Å². The molecule has 0 atom stereocenters. The van der Waals surface area contributed by atoms with Gasteiger partial charge in [0.15, 0.2) is 11.3 Å². The number of fused-ring (bicyclic) bond motifs is 2. The smallest absolute Gasteiger partial charge is 0.429 e. The number of ether oxygens (including phenoxy) is 2. The van der Waals surface area contributed by atoms with Crippen molar-refractivity contribution in [3.05, 3.63) is 81.7 Å². The fraction of sp³-hybridized carbons (Fsp3) is 0.0476. The Labute approximate surface area is 172 Å². The first-order valence-corrected chi connectivity index (χ1v) is 9.68. The number of para-hydroxylation sites is 1. The van der Waals surface area contributed by atoms with Crippen LogP contribution in [0.25, 0.3) is 26.4 Å². The Hall–Kier alpha value is -3.98.